The van der Waals surface area contributed by atoms with E-state index in [4.69, 9.17) is 16.5 Å². The maximum atomic E-state index is 13.3. The van der Waals surface area contributed by atoms with Crippen molar-refractivity contribution >= 4 is 28.7 Å². The summed E-state index contributed by atoms with van der Waals surface area (Å²) in [4.78, 5) is 24.9. The molecule has 0 amide bonds. The number of halogens is 3. The van der Waals surface area contributed by atoms with E-state index in [1.807, 2.05) is 18.2 Å². The lowest BCUT2D eigenvalue weighted by Crippen LogP contribution is -2.44. The number of nitrogens with one attached hydrogen (secondary N) is 1. The van der Waals surface area contributed by atoms with Crippen LogP contribution in [0.15, 0.2) is 61.6 Å². The summed E-state index contributed by atoms with van der Waals surface area (Å²) in [6, 6.07) is 10.2. The zero-order valence-corrected chi connectivity index (χ0v) is 21.7. The normalized spacial score (nSPS) is 14.2. The van der Waals surface area contributed by atoms with Crippen LogP contribution in [-0.2, 0) is 6.18 Å². The zero-order valence-electron chi connectivity index (χ0n) is 21.7. The first-order valence-electron chi connectivity index (χ1n) is 12.4. The number of nitrogens with zero attached hydrogens (tertiary/aromatic N) is 7. The molecule has 0 aromatic carbocycles. The highest BCUT2D eigenvalue weighted by atomic mass is 19.4. The van der Waals surface area contributed by atoms with Gasteiger partial charge >= 0.3 is 6.18 Å². The minimum absolute atomic E-state index is 0.0274. The number of anilines is 4. The van der Waals surface area contributed by atoms with Crippen molar-refractivity contribution in [2.75, 3.05) is 54.9 Å². The first kappa shape index (κ1) is 26.8. The molecule has 0 unspecified atom stereocenters. The number of hydrogen-bond acceptors (Lipinski definition) is 10. The van der Waals surface area contributed by atoms with Crippen molar-refractivity contribution in [3.63, 3.8) is 0 Å². The molecule has 5 N–H and O–H groups in total. The number of hydrogen-bond donors (Lipinski definition) is 3. The number of rotatable bonds is 6. The maximum absolute atomic E-state index is 13.3. The summed E-state index contributed by atoms with van der Waals surface area (Å²) in [5, 5.41) is 3.08. The lowest BCUT2D eigenvalue weighted by molar-refractivity contribution is -0.144. The van der Waals surface area contributed by atoms with Crippen LogP contribution in [0.4, 0.5) is 36.2 Å². The quantitative estimate of drug-likeness (QED) is 0.324. The van der Waals surface area contributed by atoms with Crippen LogP contribution in [0, 0.1) is 0 Å². The van der Waals surface area contributed by atoms with E-state index < -0.39 is 12.0 Å². The molecule has 1 saturated heterocycles. The second-order valence-electron chi connectivity index (χ2n) is 9.35. The average molecular weight is 549 g/mol. The van der Waals surface area contributed by atoms with Crippen LogP contribution in [0.25, 0.3) is 28.2 Å². The summed E-state index contributed by atoms with van der Waals surface area (Å²) in [5.41, 5.74) is 15.1. The molecule has 5 heterocycles. The molecule has 0 atom stereocenters. The number of nitrogens with two attached hydrogens (primary N) is 2. The van der Waals surface area contributed by atoms with Crippen molar-refractivity contribution in [1.82, 2.24) is 29.8 Å². The van der Waals surface area contributed by atoms with Crippen molar-refractivity contribution in [3.8, 4) is 22.5 Å². The van der Waals surface area contributed by atoms with Crippen molar-refractivity contribution in [3.05, 3.63) is 73.1 Å². The van der Waals surface area contributed by atoms with E-state index in [0.717, 1.165) is 37.6 Å². The molecule has 13 heteroatoms. The van der Waals surface area contributed by atoms with Crippen molar-refractivity contribution in [2.24, 2.45) is 0 Å². The van der Waals surface area contributed by atoms with E-state index in [2.05, 4.69) is 48.7 Å². The molecule has 40 heavy (non-hydrogen) atoms. The van der Waals surface area contributed by atoms with Gasteiger partial charge in [-0.3, -0.25) is 4.98 Å². The Balaban J connectivity index is 1.43. The van der Waals surface area contributed by atoms with Crippen LogP contribution in [-0.4, -0.2) is 63.0 Å². The number of piperazine rings is 1. The van der Waals surface area contributed by atoms with E-state index in [1.54, 1.807) is 12.3 Å². The molecular weight excluding hydrogens is 521 g/mol. The molecule has 1 aliphatic heterocycles. The first-order valence-corrected chi connectivity index (χ1v) is 12.4. The van der Waals surface area contributed by atoms with Gasteiger partial charge in [0.05, 0.1) is 34.7 Å². The molecule has 0 spiro atoms. The fourth-order valence-electron chi connectivity index (χ4n) is 4.33. The number of pyridine rings is 3. The fourth-order valence-corrected chi connectivity index (χ4v) is 4.33. The van der Waals surface area contributed by atoms with Crippen LogP contribution in [0.2, 0.25) is 0 Å². The fraction of sp³-hybridized carbons (Fsp3) is 0.222. The Labute approximate surface area is 228 Å². The van der Waals surface area contributed by atoms with Gasteiger partial charge in [-0.15, -0.1) is 0 Å². The second kappa shape index (κ2) is 10.8. The van der Waals surface area contributed by atoms with E-state index in [9.17, 15) is 13.2 Å². The molecule has 0 aliphatic carbocycles. The summed E-state index contributed by atoms with van der Waals surface area (Å²) in [5.74, 6) is -0.785. The number of likely N-dealkylation sites (N-methyl/N-ethyl adjacent to an activating group) is 1. The molecule has 206 valence electrons. The Morgan fingerprint density at radius 1 is 0.950 bits per heavy atom. The Morgan fingerprint density at radius 3 is 2.48 bits per heavy atom. The third-order valence-electron chi connectivity index (χ3n) is 6.46. The van der Waals surface area contributed by atoms with Gasteiger partial charge in [-0.1, -0.05) is 6.58 Å². The average Bonchev–Trinajstić information content (AvgIpc) is 2.93. The maximum Gasteiger partial charge on any atom is 0.451 e. The van der Waals surface area contributed by atoms with Crippen LogP contribution < -0.4 is 21.7 Å². The minimum Gasteiger partial charge on any atom is -0.397 e. The van der Waals surface area contributed by atoms with Gasteiger partial charge in [0.25, 0.3) is 0 Å². The van der Waals surface area contributed by atoms with E-state index in [1.165, 1.54) is 24.5 Å². The van der Waals surface area contributed by atoms with E-state index in [0.29, 0.717) is 34.0 Å². The van der Waals surface area contributed by atoms with Crippen LogP contribution in [0.5, 0.6) is 0 Å². The lowest BCUT2D eigenvalue weighted by Gasteiger charge is -2.33. The smallest absolute Gasteiger partial charge is 0.397 e. The number of aromatic nitrogens is 5. The Bertz CT molecular complexity index is 1550. The lowest BCUT2D eigenvalue weighted by atomic mass is 10.1. The highest BCUT2D eigenvalue weighted by molar-refractivity contribution is 5.86. The molecule has 5 rings (SSSR count). The molecule has 0 saturated carbocycles. The molecule has 1 fully saturated rings. The SMILES string of the molecule is C=C(Nc1cnccc1-c1cc(N)nc(C(F)(F)F)n1)c1nc(-c2ccnc(N3CCN(C)CC3)c2)ccc1N. The van der Waals surface area contributed by atoms with Gasteiger partial charge in [0.1, 0.15) is 17.3 Å². The first-order chi connectivity index (χ1) is 19.1. The van der Waals surface area contributed by atoms with Crippen LogP contribution in [0.1, 0.15) is 11.5 Å². The van der Waals surface area contributed by atoms with Gasteiger partial charge in [-0.05, 0) is 37.4 Å². The highest BCUT2D eigenvalue weighted by Crippen LogP contribution is 2.33. The minimum atomic E-state index is -4.76. The predicted molar refractivity (Wildman–Crippen MR) is 149 cm³/mol. The standard InChI is InChI=1S/C27H27F3N10/c1-16(35-22-15-33-7-6-18(22)21-14-23(32)38-26(37-21)27(28,29)30)25-19(31)3-4-20(36-25)17-5-8-34-24(13-17)40-11-9-39(2)10-12-40/h3-8,13-15,35H,1,9-12,31H2,2H3,(H2,32,37,38). The number of nitrogen functional groups attached to an aromatic ring is 2. The van der Waals surface area contributed by atoms with Gasteiger partial charge in [0, 0.05) is 55.8 Å². The van der Waals surface area contributed by atoms with Gasteiger partial charge in [0.2, 0.25) is 5.82 Å². The Morgan fingerprint density at radius 2 is 1.73 bits per heavy atom. The largest absolute Gasteiger partial charge is 0.451 e. The molecule has 4 aromatic rings. The van der Waals surface area contributed by atoms with Crippen molar-refractivity contribution < 1.29 is 13.2 Å². The molecule has 0 bridgehead atoms. The van der Waals surface area contributed by atoms with Crippen LogP contribution in [0.3, 0.4) is 0 Å². The van der Waals surface area contributed by atoms with E-state index in [-0.39, 0.29) is 11.5 Å². The summed E-state index contributed by atoms with van der Waals surface area (Å²) in [6.07, 6.45) is -0.136. The monoisotopic (exact) mass is 548 g/mol. The van der Waals surface area contributed by atoms with Crippen molar-refractivity contribution in [1.29, 1.82) is 0 Å². The number of alkyl halides is 3. The third-order valence-corrected chi connectivity index (χ3v) is 6.46. The van der Waals surface area contributed by atoms with E-state index >= 15 is 0 Å². The summed E-state index contributed by atoms with van der Waals surface area (Å²) < 4.78 is 39.9. The Hall–Kier alpha value is -4.78. The topological polar surface area (TPSA) is 135 Å². The summed E-state index contributed by atoms with van der Waals surface area (Å²) in [6.45, 7) is 7.75. The van der Waals surface area contributed by atoms with Crippen molar-refractivity contribution in [2.45, 2.75) is 6.18 Å². The summed E-state index contributed by atoms with van der Waals surface area (Å²) in [7, 11) is 2.10. The van der Waals surface area contributed by atoms with Gasteiger partial charge in [0.15, 0.2) is 0 Å². The molecule has 1 aliphatic rings. The highest BCUT2D eigenvalue weighted by Gasteiger charge is 2.35. The van der Waals surface area contributed by atoms with Crippen LogP contribution >= 0.6 is 0 Å². The summed E-state index contributed by atoms with van der Waals surface area (Å²) >= 11 is 0. The Kier molecular flexibility index (Phi) is 7.22. The van der Waals surface area contributed by atoms with Gasteiger partial charge in [-0.2, -0.15) is 13.2 Å². The molecule has 0 radical (unpaired) electrons. The molecule has 10 nitrogen and oxygen atoms in total. The van der Waals surface area contributed by atoms with Gasteiger partial charge < -0.3 is 26.6 Å². The predicted octanol–water partition coefficient (Wildman–Crippen LogP) is 4.01. The zero-order chi connectivity index (χ0) is 28.4. The second-order valence-corrected chi connectivity index (χ2v) is 9.35. The van der Waals surface area contributed by atoms with Gasteiger partial charge in [-0.25, -0.2) is 19.9 Å². The third kappa shape index (κ3) is 5.78. The molecular formula is C27H27F3N10. The molecule has 4 aromatic heterocycles.